The lowest BCUT2D eigenvalue weighted by Gasteiger charge is -1.99. The standard InChI is InChI=1S/C6H14N2.2ClH/c1-4-5-6(7-2)8-3;;/h4-5H2,1-3H3,(H,7,8);2*1H. The minimum Gasteiger partial charge on any atom is -0.377 e. The van der Waals surface area contributed by atoms with Crippen LogP contribution < -0.4 is 5.32 Å². The third-order valence-electron chi connectivity index (χ3n) is 1.05. The van der Waals surface area contributed by atoms with Crippen molar-refractivity contribution >= 4 is 30.6 Å². The summed E-state index contributed by atoms with van der Waals surface area (Å²) < 4.78 is 0. The zero-order valence-corrected chi connectivity index (χ0v) is 8.31. The van der Waals surface area contributed by atoms with Crippen molar-refractivity contribution in [2.75, 3.05) is 14.1 Å². The molecule has 0 spiro atoms. The van der Waals surface area contributed by atoms with Gasteiger partial charge in [-0.1, -0.05) is 6.92 Å². The molecule has 0 aliphatic heterocycles. The number of hydrogen-bond donors (Lipinski definition) is 1. The zero-order valence-electron chi connectivity index (χ0n) is 6.68. The quantitative estimate of drug-likeness (QED) is 0.518. The molecule has 0 fully saturated rings. The van der Waals surface area contributed by atoms with E-state index in [4.69, 9.17) is 0 Å². The van der Waals surface area contributed by atoms with Gasteiger partial charge in [0.15, 0.2) is 0 Å². The Hall–Kier alpha value is 0.0500. The maximum Gasteiger partial charge on any atom is 0.0956 e. The lowest BCUT2D eigenvalue weighted by molar-refractivity contribution is 0.940. The van der Waals surface area contributed by atoms with Crippen LogP contribution in [0.2, 0.25) is 0 Å². The summed E-state index contributed by atoms with van der Waals surface area (Å²) in [5.41, 5.74) is 0. The van der Waals surface area contributed by atoms with Crippen molar-refractivity contribution in [2.45, 2.75) is 19.8 Å². The molecular weight excluding hydrogens is 171 g/mol. The molecule has 64 valence electrons. The molecule has 0 aliphatic carbocycles. The Kier molecular flexibility index (Phi) is 19.5. The van der Waals surface area contributed by atoms with E-state index >= 15 is 0 Å². The number of nitrogens with one attached hydrogen (secondary N) is 1. The average Bonchev–Trinajstić information content (AvgIpc) is 1.83. The summed E-state index contributed by atoms with van der Waals surface area (Å²) in [6.07, 6.45) is 2.22. The van der Waals surface area contributed by atoms with Crippen LogP contribution in [0, 0.1) is 0 Å². The van der Waals surface area contributed by atoms with Crippen molar-refractivity contribution < 1.29 is 0 Å². The summed E-state index contributed by atoms with van der Waals surface area (Å²) in [5, 5.41) is 3.00. The molecule has 10 heavy (non-hydrogen) atoms. The van der Waals surface area contributed by atoms with E-state index in [1.807, 2.05) is 14.1 Å². The first kappa shape index (κ1) is 16.6. The van der Waals surface area contributed by atoms with Gasteiger partial charge in [0.05, 0.1) is 5.84 Å². The molecule has 0 rings (SSSR count). The van der Waals surface area contributed by atoms with Crippen molar-refractivity contribution in [2.24, 2.45) is 4.99 Å². The van der Waals surface area contributed by atoms with Gasteiger partial charge < -0.3 is 5.32 Å². The highest BCUT2D eigenvalue weighted by Crippen LogP contribution is 1.86. The molecule has 0 atom stereocenters. The average molecular weight is 187 g/mol. The number of nitrogens with zero attached hydrogens (tertiary/aromatic N) is 1. The summed E-state index contributed by atoms with van der Waals surface area (Å²) in [6, 6.07) is 0. The van der Waals surface area contributed by atoms with E-state index in [0.717, 1.165) is 18.7 Å². The normalized spacial score (nSPS) is 9.30. The number of rotatable bonds is 2. The van der Waals surface area contributed by atoms with Crippen LogP contribution in [0.25, 0.3) is 0 Å². The van der Waals surface area contributed by atoms with Crippen LogP contribution in [0.3, 0.4) is 0 Å². The minimum atomic E-state index is 0. The van der Waals surface area contributed by atoms with Gasteiger partial charge in [-0.2, -0.15) is 0 Å². The van der Waals surface area contributed by atoms with E-state index in [1.165, 1.54) is 0 Å². The molecule has 0 radical (unpaired) electrons. The number of halogens is 2. The van der Waals surface area contributed by atoms with Gasteiger partial charge in [0.25, 0.3) is 0 Å². The Morgan fingerprint density at radius 3 is 2.00 bits per heavy atom. The predicted octanol–water partition coefficient (Wildman–Crippen LogP) is 1.88. The van der Waals surface area contributed by atoms with E-state index in [-0.39, 0.29) is 24.8 Å². The molecule has 2 nitrogen and oxygen atoms in total. The van der Waals surface area contributed by atoms with Crippen LogP contribution in [-0.4, -0.2) is 19.9 Å². The first-order valence-electron chi connectivity index (χ1n) is 2.98. The van der Waals surface area contributed by atoms with Crippen LogP contribution in [0.4, 0.5) is 0 Å². The minimum absolute atomic E-state index is 0. The lowest BCUT2D eigenvalue weighted by Crippen LogP contribution is -2.17. The fourth-order valence-electron chi connectivity index (χ4n) is 0.585. The lowest BCUT2D eigenvalue weighted by atomic mass is 10.3. The van der Waals surface area contributed by atoms with Gasteiger partial charge in [-0.15, -0.1) is 24.8 Å². The van der Waals surface area contributed by atoms with E-state index in [0.29, 0.717) is 0 Å². The Morgan fingerprint density at radius 2 is 1.90 bits per heavy atom. The highest BCUT2D eigenvalue weighted by atomic mass is 35.5. The highest BCUT2D eigenvalue weighted by molar-refractivity contribution is 5.85. The van der Waals surface area contributed by atoms with Crippen molar-refractivity contribution in [1.29, 1.82) is 0 Å². The molecule has 0 aromatic carbocycles. The topological polar surface area (TPSA) is 24.4 Å². The molecule has 0 aliphatic rings. The second-order valence-electron chi connectivity index (χ2n) is 1.67. The molecule has 0 saturated heterocycles. The highest BCUT2D eigenvalue weighted by Gasteiger charge is 1.87. The second-order valence-corrected chi connectivity index (χ2v) is 1.67. The Morgan fingerprint density at radius 1 is 1.40 bits per heavy atom. The Labute approximate surface area is 75.3 Å². The molecule has 1 N–H and O–H groups in total. The number of amidine groups is 1. The first-order chi connectivity index (χ1) is 3.85. The second kappa shape index (κ2) is 11.8. The fraction of sp³-hybridized carbons (Fsp3) is 0.833. The van der Waals surface area contributed by atoms with E-state index in [2.05, 4.69) is 17.2 Å². The maximum atomic E-state index is 4.00. The van der Waals surface area contributed by atoms with Gasteiger partial charge in [0.1, 0.15) is 0 Å². The Bertz CT molecular complexity index is 83.8. The van der Waals surface area contributed by atoms with Crippen molar-refractivity contribution in [3.63, 3.8) is 0 Å². The molecule has 0 unspecified atom stereocenters. The van der Waals surface area contributed by atoms with Gasteiger partial charge in [-0.05, 0) is 6.42 Å². The van der Waals surface area contributed by atoms with Crippen molar-refractivity contribution in [3.05, 3.63) is 0 Å². The number of aliphatic imine (C=N–C) groups is 1. The zero-order chi connectivity index (χ0) is 6.41. The van der Waals surface area contributed by atoms with E-state index < -0.39 is 0 Å². The Balaban J connectivity index is -0.000000245. The van der Waals surface area contributed by atoms with Gasteiger partial charge >= 0.3 is 0 Å². The number of hydrogen-bond acceptors (Lipinski definition) is 1. The monoisotopic (exact) mass is 186 g/mol. The van der Waals surface area contributed by atoms with Crippen LogP contribution in [0.15, 0.2) is 4.99 Å². The molecule has 0 aromatic rings. The third-order valence-corrected chi connectivity index (χ3v) is 1.05. The van der Waals surface area contributed by atoms with Crippen LogP contribution in [0.5, 0.6) is 0 Å². The molecule has 0 amide bonds. The van der Waals surface area contributed by atoms with Crippen molar-refractivity contribution in [3.8, 4) is 0 Å². The fourth-order valence-corrected chi connectivity index (χ4v) is 0.585. The smallest absolute Gasteiger partial charge is 0.0956 e. The van der Waals surface area contributed by atoms with Gasteiger partial charge in [-0.3, -0.25) is 4.99 Å². The largest absolute Gasteiger partial charge is 0.377 e. The predicted molar refractivity (Wildman–Crippen MR) is 51.8 cm³/mol. The molecule has 4 heteroatoms. The summed E-state index contributed by atoms with van der Waals surface area (Å²) in [5.74, 6) is 1.09. The summed E-state index contributed by atoms with van der Waals surface area (Å²) in [6.45, 7) is 2.14. The first-order valence-corrected chi connectivity index (χ1v) is 2.98. The molecule has 0 aromatic heterocycles. The summed E-state index contributed by atoms with van der Waals surface area (Å²) in [4.78, 5) is 4.00. The summed E-state index contributed by atoms with van der Waals surface area (Å²) >= 11 is 0. The molecule has 0 saturated carbocycles. The third kappa shape index (κ3) is 8.05. The van der Waals surface area contributed by atoms with E-state index in [1.54, 1.807) is 0 Å². The van der Waals surface area contributed by atoms with Crippen molar-refractivity contribution in [1.82, 2.24) is 5.32 Å². The molecule has 0 bridgehead atoms. The SMILES string of the molecule is CCCC(=NC)NC.Cl.Cl. The van der Waals surface area contributed by atoms with Crippen LogP contribution >= 0.6 is 24.8 Å². The van der Waals surface area contributed by atoms with Crippen LogP contribution in [0.1, 0.15) is 19.8 Å². The molecular formula is C6H16Cl2N2. The maximum absolute atomic E-state index is 4.00. The van der Waals surface area contributed by atoms with Gasteiger partial charge in [0.2, 0.25) is 0 Å². The molecule has 0 heterocycles. The van der Waals surface area contributed by atoms with Gasteiger partial charge in [-0.25, -0.2) is 0 Å². The van der Waals surface area contributed by atoms with E-state index in [9.17, 15) is 0 Å². The van der Waals surface area contributed by atoms with Crippen LogP contribution in [-0.2, 0) is 0 Å². The van der Waals surface area contributed by atoms with Gasteiger partial charge in [0, 0.05) is 20.5 Å². The summed E-state index contributed by atoms with van der Waals surface area (Å²) in [7, 11) is 3.71.